The van der Waals surface area contributed by atoms with Crippen LogP contribution in [0, 0.1) is 13.8 Å². The van der Waals surface area contributed by atoms with Gasteiger partial charge in [0.25, 0.3) is 11.8 Å². The smallest absolute Gasteiger partial charge is 0.267 e. The van der Waals surface area contributed by atoms with Crippen LogP contribution >= 0.6 is 11.3 Å². The fraction of sp³-hybridized carbons (Fsp3) is 0.312. The van der Waals surface area contributed by atoms with Crippen molar-refractivity contribution in [1.82, 2.24) is 4.98 Å². The number of likely N-dealkylation sites (N-methyl/N-ethyl adjacent to an activating group) is 1. The second-order valence-electron chi connectivity index (χ2n) is 5.45. The van der Waals surface area contributed by atoms with Crippen LogP contribution in [-0.4, -0.2) is 29.9 Å². The summed E-state index contributed by atoms with van der Waals surface area (Å²) in [7, 11) is 1.70. The number of ether oxygens (including phenoxy) is 1. The lowest BCUT2D eigenvalue weighted by Crippen LogP contribution is -2.42. The number of benzene rings is 1. The molecule has 1 aliphatic heterocycles. The first-order chi connectivity index (χ1) is 10.9. The van der Waals surface area contributed by atoms with Crippen molar-refractivity contribution in [3.05, 3.63) is 34.3 Å². The fourth-order valence-electron chi connectivity index (χ4n) is 2.35. The van der Waals surface area contributed by atoms with E-state index in [0.717, 1.165) is 10.6 Å². The van der Waals surface area contributed by atoms with Gasteiger partial charge in [0.2, 0.25) is 0 Å². The van der Waals surface area contributed by atoms with Gasteiger partial charge in [0.1, 0.15) is 5.75 Å². The Labute approximate surface area is 138 Å². The number of anilines is 2. The number of thiazole rings is 1. The molecule has 0 aliphatic carbocycles. The van der Waals surface area contributed by atoms with Crippen molar-refractivity contribution in [3.8, 4) is 5.75 Å². The summed E-state index contributed by atoms with van der Waals surface area (Å²) in [6.45, 7) is 5.56. The van der Waals surface area contributed by atoms with Crippen molar-refractivity contribution in [2.24, 2.45) is 0 Å². The Morgan fingerprint density at radius 2 is 2.13 bits per heavy atom. The van der Waals surface area contributed by atoms with Crippen LogP contribution < -0.4 is 15.0 Å². The Bertz CT molecular complexity index is 780. The summed E-state index contributed by atoms with van der Waals surface area (Å²) < 4.78 is 5.59. The van der Waals surface area contributed by atoms with Gasteiger partial charge in [0.15, 0.2) is 11.2 Å². The quantitative estimate of drug-likeness (QED) is 0.918. The van der Waals surface area contributed by atoms with Crippen molar-refractivity contribution in [2.75, 3.05) is 17.3 Å². The van der Waals surface area contributed by atoms with Gasteiger partial charge in [0, 0.05) is 17.5 Å². The average Bonchev–Trinajstić information content (AvgIpc) is 2.82. The molecule has 1 atom stereocenters. The molecule has 1 aromatic heterocycles. The molecule has 0 saturated carbocycles. The first kappa shape index (κ1) is 15.5. The number of carbonyl (C=O) groups excluding carboxylic acids is 2. The normalized spacial score (nSPS) is 16.8. The summed E-state index contributed by atoms with van der Waals surface area (Å²) >= 11 is 1.44. The van der Waals surface area contributed by atoms with E-state index in [-0.39, 0.29) is 11.8 Å². The average molecular weight is 331 g/mol. The van der Waals surface area contributed by atoms with E-state index in [1.165, 1.54) is 11.3 Å². The van der Waals surface area contributed by atoms with Gasteiger partial charge in [-0.3, -0.25) is 14.9 Å². The lowest BCUT2D eigenvalue weighted by atomic mass is 10.1. The molecule has 6 nitrogen and oxygen atoms in total. The molecule has 0 spiro atoms. The second kappa shape index (κ2) is 5.66. The van der Waals surface area contributed by atoms with Crippen LogP contribution in [0.2, 0.25) is 0 Å². The van der Waals surface area contributed by atoms with Gasteiger partial charge in [-0.05, 0) is 39.0 Å². The number of hydrogen-bond donors (Lipinski definition) is 1. The molecule has 7 heteroatoms. The Balaban J connectivity index is 1.85. The van der Waals surface area contributed by atoms with E-state index >= 15 is 0 Å². The molecular weight excluding hydrogens is 314 g/mol. The molecule has 2 amide bonds. The predicted octanol–water partition coefficient (Wildman–Crippen LogP) is 2.76. The van der Waals surface area contributed by atoms with Crippen LogP contribution in [0.25, 0.3) is 0 Å². The van der Waals surface area contributed by atoms with E-state index in [1.54, 1.807) is 37.1 Å². The number of amides is 2. The van der Waals surface area contributed by atoms with Gasteiger partial charge >= 0.3 is 0 Å². The molecule has 1 aromatic carbocycles. The zero-order valence-corrected chi connectivity index (χ0v) is 14.2. The second-order valence-corrected chi connectivity index (χ2v) is 6.66. The molecular formula is C16H17N3O3S. The minimum absolute atomic E-state index is 0.108. The van der Waals surface area contributed by atoms with Crippen molar-refractivity contribution >= 4 is 34.0 Å². The van der Waals surface area contributed by atoms with Crippen LogP contribution in [0.4, 0.5) is 10.8 Å². The number of rotatable bonds is 2. The number of hydrogen-bond acceptors (Lipinski definition) is 5. The molecule has 23 heavy (non-hydrogen) atoms. The molecule has 0 saturated heterocycles. The number of aromatic nitrogens is 1. The summed E-state index contributed by atoms with van der Waals surface area (Å²) in [5, 5.41) is 3.36. The van der Waals surface area contributed by atoms with Gasteiger partial charge < -0.3 is 9.64 Å². The van der Waals surface area contributed by atoms with Crippen LogP contribution in [0.1, 0.15) is 27.9 Å². The van der Waals surface area contributed by atoms with Crippen LogP contribution in [0.5, 0.6) is 5.75 Å². The standard InChI is InChI=1S/C16H17N3O3S/c1-8-10(3)23-16(17-8)18-14(20)11-5-6-12-13(7-11)22-9(2)15(21)19(12)4/h5-7,9H,1-4H3,(H,17,18,20). The number of fused-ring (bicyclic) bond motifs is 1. The summed E-state index contributed by atoms with van der Waals surface area (Å²) in [6.07, 6.45) is -0.560. The van der Waals surface area contributed by atoms with Gasteiger partial charge in [-0.2, -0.15) is 0 Å². The lowest BCUT2D eigenvalue weighted by molar-refractivity contribution is -0.125. The Morgan fingerprint density at radius 3 is 2.78 bits per heavy atom. The molecule has 0 fully saturated rings. The van der Waals surface area contributed by atoms with Gasteiger partial charge in [-0.25, -0.2) is 4.98 Å². The molecule has 120 valence electrons. The Morgan fingerprint density at radius 1 is 1.39 bits per heavy atom. The molecule has 1 aliphatic rings. The maximum Gasteiger partial charge on any atom is 0.267 e. The summed E-state index contributed by atoms with van der Waals surface area (Å²) in [4.78, 5) is 31.2. The highest BCUT2D eigenvalue weighted by molar-refractivity contribution is 7.15. The van der Waals surface area contributed by atoms with Crippen molar-refractivity contribution in [2.45, 2.75) is 26.9 Å². The molecule has 2 aromatic rings. The van der Waals surface area contributed by atoms with E-state index in [1.807, 2.05) is 13.8 Å². The van der Waals surface area contributed by atoms with Crippen LogP contribution in [0.3, 0.4) is 0 Å². The SMILES string of the molecule is Cc1nc(NC(=O)c2ccc3c(c2)OC(C)C(=O)N3C)sc1C. The largest absolute Gasteiger partial charge is 0.479 e. The predicted molar refractivity (Wildman–Crippen MR) is 89.5 cm³/mol. The maximum absolute atomic E-state index is 12.4. The topological polar surface area (TPSA) is 71.5 Å². The highest BCUT2D eigenvalue weighted by Crippen LogP contribution is 2.34. The Hall–Kier alpha value is -2.41. The first-order valence-corrected chi connectivity index (χ1v) is 8.02. The van der Waals surface area contributed by atoms with Gasteiger partial charge in [-0.1, -0.05) is 0 Å². The minimum Gasteiger partial charge on any atom is -0.479 e. The van der Waals surface area contributed by atoms with E-state index in [4.69, 9.17) is 4.74 Å². The number of nitrogens with zero attached hydrogens (tertiary/aromatic N) is 2. The van der Waals surface area contributed by atoms with Crippen molar-refractivity contribution < 1.29 is 14.3 Å². The van der Waals surface area contributed by atoms with Gasteiger partial charge in [0.05, 0.1) is 11.4 Å². The van der Waals surface area contributed by atoms with E-state index < -0.39 is 6.10 Å². The maximum atomic E-state index is 12.4. The van der Waals surface area contributed by atoms with E-state index in [0.29, 0.717) is 22.1 Å². The summed E-state index contributed by atoms with van der Waals surface area (Å²) in [5.74, 6) is 0.166. The monoisotopic (exact) mass is 331 g/mol. The highest BCUT2D eigenvalue weighted by atomic mass is 32.1. The third-order valence-electron chi connectivity index (χ3n) is 3.81. The van der Waals surface area contributed by atoms with Gasteiger partial charge in [-0.15, -0.1) is 11.3 Å². The van der Waals surface area contributed by atoms with Crippen molar-refractivity contribution in [3.63, 3.8) is 0 Å². The Kier molecular flexibility index (Phi) is 3.81. The third kappa shape index (κ3) is 2.79. The number of carbonyl (C=O) groups is 2. The van der Waals surface area contributed by atoms with E-state index in [2.05, 4.69) is 10.3 Å². The number of nitrogens with one attached hydrogen (secondary N) is 1. The third-order valence-corrected chi connectivity index (χ3v) is 4.80. The lowest BCUT2D eigenvalue weighted by Gasteiger charge is -2.30. The zero-order chi connectivity index (χ0) is 16.7. The van der Waals surface area contributed by atoms with Crippen molar-refractivity contribution in [1.29, 1.82) is 0 Å². The highest BCUT2D eigenvalue weighted by Gasteiger charge is 2.29. The molecule has 1 unspecified atom stereocenters. The molecule has 0 radical (unpaired) electrons. The molecule has 2 heterocycles. The number of aryl methyl sites for hydroxylation is 2. The van der Waals surface area contributed by atoms with E-state index in [9.17, 15) is 9.59 Å². The summed E-state index contributed by atoms with van der Waals surface area (Å²) in [5.41, 5.74) is 2.03. The fourth-order valence-corrected chi connectivity index (χ4v) is 3.16. The molecule has 1 N–H and O–H groups in total. The summed E-state index contributed by atoms with van der Waals surface area (Å²) in [6, 6.07) is 5.04. The zero-order valence-electron chi connectivity index (χ0n) is 13.3. The molecule has 0 bridgehead atoms. The molecule has 3 rings (SSSR count). The first-order valence-electron chi connectivity index (χ1n) is 7.20. The van der Waals surface area contributed by atoms with Crippen LogP contribution in [-0.2, 0) is 4.79 Å². The minimum atomic E-state index is -0.560. The van der Waals surface area contributed by atoms with Crippen LogP contribution in [0.15, 0.2) is 18.2 Å².